The highest BCUT2D eigenvalue weighted by atomic mass is 32.1. The summed E-state index contributed by atoms with van der Waals surface area (Å²) in [5.41, 5.74) is 3.13. The van der Waals surface area contributed by atoms with Gasteiger partial charge in [-0.25, -0.2) is 14.1 Å². The van der Waals surface area contributed by atoms with Crippen molar-refractivity contribution >= 4 is 23.1 Å². The van der Waals surface area contributed by atoms with Crippen molar-refractivity contribution in [1.29, 1.82) is 0 Å². The second-order valence-electron chi connectivity index (χ2n) is 9.94. The molecule has 0 spiro atoms. The first-order chi connectivity index (χ1) is 19.3. The van der Waals surface area contributed by atoms with Crippen LogP contribution in [-0.4, -0.2) is 25.2 Å². The van der Waals surface area contributed by atoms with Gasteiger partial charge < -0.3 is 16.0 Å². The maximum absolute atomic E-state index is 13.9. The standard InChI is InChI=1S/C27H26F3N7O2S/c1-14-4-15(6-18(28)5-14)8-32-24-26(39)37-20(23(35-24)17-10-34-36(13-17)27(29)30)2-3-21(37)25(38)33-11-19-7-16-9-31-12-22(16)40-19/h4-7,10,13,21,27,31H,2-3,8-9,11-12H2,1H3,(H,32,35)(H,33,38)/t21-/m0/s1. The van der Waals surface area contributed by atoms with Crippen LogP contribution >= 0.6 is 11.3 Å². The summed E-state index contributed by atoms with van der Waals surface area (Å²) < 4.78 is 42.3. The summed E-state index contributed by atoms with van der Waals surface area (Å²) in [6.45, 7) is 1.01. The van der Waals surface area contributed by atoms with Gasteiger partial charge in [0.2, 0.25) is 5.91 Å². The lowest BCUT2D eigenvalue weighted by Crippen LogP contribution is -2.36. The second kappa shape index (κ2) is 10.5. The molecular weight excluding hydrogens is 543 g/mol. The number of aryl methyl sites for hydroxylation is 1. The van der Waals surface area contributed by atoms with E-state index in [0.717, 1.165) is 29.7 Å². The molecule has 5 heterocycles. The van der Waals surface area contributed by atoms with Gasteiger partial charge in [0.05, 0.1) is 18.4 Å². The number of amides is 1. The number of thiophene rings is 1. The van der Waals surface area contributed by atoms with E-state index in [2.05, 4.69) is 32.1 Å². The number of halogens is 3. The van der Waals surface area contributed by atoms with E-state index < -0.39 is 24.0 Å². The minimum atomic E-state index is -2.84. The first-order valence-corrected chi connectivity index (χ1v) is 13.7. The minimum absolute atomic E-state index is 0.0626. The normalized spacial score (nSPS) is 15.9. The molecule has 2 aliphatic heterocycles. The van der Waals surface area contributed by atoms with E-state index in [1.165, 1.54) is 33.3 Å². The average molecular weight is 570 g/mol. The summed E-state index contributed by atoms with van der Waals surface area (Å²) in [6, 6.07) is 5.81. The number of hydrogen-bond donors (Lipinski definition) is 3. The van der Waals surface area contributed by atoms with Crippen molar-refractivity contribution < 1.29 is 18.0 Å². The van der Waals surface area contributed by atoms with Crippen LogP contribution in [0.3, 0.4) is 0 Å². The molecule has 40 heavy (non-hydrogen) atoms. The summed E-state index contributed by atoms with van der Waals surface area (Å²) >= 11 is 1.65. The Kier molecular flexibility index (Phi) is 6.92. The lowest BCUT2D eigenvalue weighted by molar-refractivity contribution is -0.124. The molecule has 0 radical (unpaired) electrons. The molecule has 0 saturated heterocycles. The number of nitrogens with zero attached hydrogens (tertiary/aromatic N) is 4. The second-order valence-corrected chi connectivity index (χ2v) is 11.2. The maximum atomic E-state index is 13.9. The molecule has 0 aliphatic carbocycles. The molecule has 2 aliphatic rings. The molecule has 1 amide bonds. The largest absolute Gasteiger partial charge is 0.361 e. The Morgan fingerprint density at radius 1 is 1.23 bits per heavy atom. The zero-order valence-electron chi connectivity index (χ0n) is 21.5. The SMILES string of the molecule is Cc1cc(F)cc(CNc2nc(-c3cnn(C(F)F)c3)c3n(c2=O)[C@H](C(=O)NCc2cc4c(s2)CNC4)CC3)c1. The zero-order valence-corrected chi connectivity index (χ0v) is 22.3. The molecule has 9 nitrogen and oxygen atoms in total. The Labute approximate surface area is 231 Å². The average Bonchev–Trinajstić information content (AvgIpc) is 3.70. The Bertz CT molecular complexity index is 1620. The Balaban J connectivity index is 1.32. The van der Waals surface area contributed by atoms with E-state index in [-0.39, 0.29) is 18.3 Å². The predicted octanol–water partition coefficient (Wildman–Crippen LogP) is 4.03. The van der Waals surface area contributed by atoms with E-state index in [0.29, 0.717) is 46.6 Å². The molecular formula is C27H26F3N7O2S. The number of benzene rings is 1. The minimum Gasteiger partial charge on any atom is -0.361 e. The van der Waals surface area contributed by atoms with E-state index in [9.17, 15) is 22.8 Å². The van der Waals surface area contributed by atoms with Crippen LogP contribution in [0.25, 0.3) is 11.3 Å². The number of carbonyl (C=O) groups excluding carboxylic acids is 1. The molecule has 208 valence electrons. The van der Waals surface area contributed by atoms with Crippen molar-refractivity contribution in [2.75, 3.05) is 5.32 Å². The van der Waals surface area contributed by atoms with Gasteiger partial charge in [0.25, 0.3) is 5.56 Å². The highest BCUT2D eigenvalue weighted by Crippen LogP contribution is 2.33. The summed E-state index contributed by atoms with van der Waals surface area (Å²) in [6.07, 6.45) is 3.14. The van der Waals surface area contributed by atoms with E-state index >= 15 is 0 Å². The third kappa shape index (κ3) is 5.02. The van der Waals surface area contributed by atoms with E-state index in [1.807, 2.05) is 0 Å². The van der Waals surface area contributed by atoms with Gasteiger partial charge in [0.15, 0.2) is 5.82 Å². The third-order valence-electron chi connectivity index (χ3n) is 7.10. The van der Waals surface area contributed by atoms with Crippen molar-refractivity contribution in [3.63, 3.8) is 0 Å². The number of carbonyl (C=O) groups is 1. The van der Waals surface area contributed by atoms with Crippen LogP contribution in [0, 0.1) is 12.7 Å². The van der Waals surface area contributed by atoms with Crippen molar-refractivity contribution in [3.8, 4) is 11.3 Å². The lowest BCUT2D eigenvalue weighted by Gasteiger charge is -2.17. The van der Waals surface area contributed by atoms with Crippen molar-refractivity contribution in [2.24, 2.45) is 0 Å². The molecule has 0 fully saturated rings. The van der Waals surface area contributed by atoms with Crippen molar-refractivity contribution in [3.05, 3.63) is 85.0 Å². The molecule has 0 unspecified atom stereocenters. The Morgan fingerprint density at radius 3 is 2.83 bits per heavy atom. The molecule has 1 atom stereocenters. The van der Waals surface area contributed by atoms with Gasteiger partial charge in [0, 0.05) is 46.8 Å². The fourth-order valence-electron chi connectivity index (χ4n) is 5.32. The number of aromatic nitrogens is 4. The highest BCUT2D eigenvalue weighted by molar-refractivity contribution is 7.12. The van der Waals surface area contributed by atoms with Crippen LogP contribution in [0.5, 0.6) is 0 Å². The fraction of sp³-hybridized carbons (Fsp3) is 0.333. The van der Waals surface area contributed by atoms with E-state index in [4.69, 9.17) is 0 Å². The highest BCUT2D eigenvalue weighted by Gasteiger charge is 2.34. The molecule has 0 saturated carbocycles. The molecule has 3 aromatic heterocycles. The van der Waals surface area contributed by atoms with E-state index in [1.54, 1.807) is 24.3 Å². The van der Waals surface area contributed by atoms with Crippen LogP contribution < -0.4 is 21.5 Å². The third-order valence-corrected chi connectivity index (χ3v) is 8.28. The number of anilines is 1. The molecule has 1 aromatic carbocycles. The number of fused-ring (bicyclic) bond motifs is 2. The van der Waals surface area contributed by atoms with Gasteiger partial charge in [-0.2, -0.15) is 13.9 Å². The van der Waals surface area contributed by atoms with Crippen LogP contribution in [-0.2, 0) is 37.4 Å². The van der Waals surface area contributed by atoms with Gasteiger partial charge in [-0.3, -0.25) is 14.2 Å². The Morgan fingerprint density at radius 2 is 2.08 bits per heavy atom. The summed E-state index contributed by atoms with van der Waals surface area (Å²) in [7, 11) is 0. The number of hydrogen-bond acceptors (Lipinski definition) is 7. The zero-order chi connectivity index (χ0) is 28.0. The van der Waals surface area contributed by atoms with Gasteiger partial charge in [-0.1, -0.05) is 6.07 Å². The maximum Gasteiger partial charge on any atom is 0.333 e. The van der Waals surface area contributed by atoms with Gasteiger partial charge in [0.1, 0.15) is 11.9 Å². The quantitative estimate of drug-likeness (QED) is 0.296. The molecule has 13 heteroatoms. The van der Waals surface area contributed by atoms with Crippen LogP contribution in [0.4, 0.5) is 19.0 Å². The van der Waals surface area contributed by atoms with Gasteiger partial charge >= 0.3 is 6.55 Å². The number of rotatable bonds is 8. The lowest BCUT2D eigenvalue weighted by atomic mass is 10.1. The molecule has 3 N–H and O–H groups in total. The van der Waals surface area contributed by atoms with Crippen molar-refractivity contribution in [2.45, 2.75) is 58.5 Å². The van der Waals surface area contributed by atoms with Crippen LogP contribution in [0.2, 0.25) is 0 Å². The topological polar surface area (TPSA) is 106 Å². The van der Waals surface area contributed by atoms with Crippen molar-refractivity contribution in [1.82, 2.24) is 30.0 Å². The predicted molar refractivity (Wildman–Crippen MR) is 144 cm³/mol. The summed E-state index contributed by atoms with van der Waals surface area (Å²) in [4.78, 5) is 33.8. The first kappa shape index (κ1) is 26.3. The summed E-state index contributed by atoms with van der Waals surface area (Å²) in [5.74, 6) is -0.772. The summed E-state index contributed by atoms with van der Waals surface area (Å²) in [5, 5.41) is 12.9. The molecule has 4 aromatic rings. The van der Waals surface area contributed by atoms with Gasteiger partial charge in [-0.05, 0) is 54.7 Å². The molecule has 6 rings (SSSR count). The number of alkyl halides is 2. The fourth-order valence-corrected chi connectivity index (χ4v) is 6.42. The first-order valence-electron chi connectivity index (χ1n) is 12.8. The van der Waals surface area contributed by atoms with Crippen LogP contribution in [0.1, 0.15) is 51.2 Å². The van der Waals surface area contributed by atoms with Crippen LogP contribution in [0.15, 0.2) is 41.5 Å². The Hall–Kier alpha value is -3.97. The molecule has 0 bridgehead atoms. The number of nitrogens with one attached hydrogen (secondary N) is 3. The monoisotopic (exact) mass is 569 g/mol. The smallest absolute Gasteiger partial charge is 0.333 e. The van der Waals surface area contributed by atoms with Gasteiger partial charge in [-0.15, -0.1) is 11.3 Å².